The van der Waals surface area contributed by atoms with Gasteiger partial charge in [-0.2, -0.15) is 5.21 Å². The minimum atomic E-state index is -3.46. The van der Waals surface area contributed by atoms with Gasteiger partial charge in [-0.25, -0.2) is 13.1 Å². The minimum Gasteiger partial charge on any atom is -0.207 e. The number of hydrogen-bond donors (Lipinski definition) is 2. The summed E-state index contributed by atoms with van der Waals surface area (Å²) in [5.74, 6) is 2.25. The van der Waals surface area contributed by atoms with Crippen LogP contribution in [-0.4, -0.2) is 35.1 Å². The van der Waals surface area contributed by atoms with Crippen molar-refractivity contribution in [1.29, 1.82) is 0 Å². The van der Waals surface area contributed by atoms with E-state index in [9.17, 15) is 8.42 Å². The van der Waals surface area contributed by atoms with Crippen molar-refractivity contribution in [3.05, 3.63) is 48.3 Å². The highest BCUT2D eigenvalue weighted by molar-refractivity contribution is 7.89. The molecule has 0 radical (unpaired) electrons. The largest absolute Gasteiger partial charge is 0.240 e. The lowest BCUT2D eigenvalue weighted by Crippen LogP contribution is -2.43. The summed E-state index contributed by atoms with van der Waals surface area (Å²) < 4.78 is 28.6. The molecule has 1 unspecified atom stereocenters. The van der Waals surface area contributed by atoms with Gasteiger partial charge in [0.2, 0.25) is 10.0 Å². The van der Waals surface area contributed by atoms with Gasteiger partial charge in [-0.3, -0.25) is 0 Å². The van der Waals surface area contributed by atoms with Gasteiger partial charge in [0.1, 0.15) is 0 Å². The molecular weight excluding hydrogens is 374 g/mol. The van der Waals surface area contributed by atoms with Gasteiger partial charge in [0.25, 0.3) is 0 Å². The maximum absolute atomic E-state index is 12.8. The standard InChI is InChI=1S/C20H27N5O2S/c26-28(27,17-8-4-3-5-9-17)23-20-16-13-12-15(14-16)18(20)10-6-1-2-7-11-19-21-24-25-22-19/h1,3-6,8-9,15-16,18,20,23H,2,7,10-14H2,(H,21,22,24,25)/b6-1-/t15-,16+,18?,20+/m1/s1. The van der Waals surface area contributed by atoms with Gasteiger partial charge in [0, 0.05) is 12.5 Å². The van der Waals surface area contributed by atoms with E-state index in [1.54, 1.807) is 24.3 Å². The molecule has 2 aromatic rings. The third kappa shape index (κ3) is 4.33. The van der Waals surface area contributed by atoms with Crippen molar-refractivity contribution in [2.24, 2.45) is 17.8 Å². The molecular formula is C20H27N5O2S. The highest BCUT2D eigenvalue weighted by Gasteiger charge is 2.48. The van der Waals surface area contributed by atoms with Crippen molar-refractivity contribution < 1.29 is 8.42 Å². The van der Waals surface area contributed by atoms with E-state index in [1.165, 1.54) is 6.42 Å². The number of aromatic amines is 1. The lowest BCUT2D eigenvalue weighted by atomic mass is 9.83. The smallest absolute Gasteiger partial charge is 0.207 e. The number of rotatable bonds is 9. The third-order valence-corrected chi connectivity index (χ3v) is 7.64. The summed E-state index contributed by atoms with van der Waals surface area (Å²) in [5, 5.41) is 13.9. The number of aryl methyl sites for hydroxylation is 1. The summed E-state index contributed by atoms with van der Waals surface area (Å²) in [7, 11) is -3.46. The van der Waals surface area contributed by atoms with E-state index in [2.05, 4.69) is 37.5 Å². The number of unbranched alkanes of at least 4 members (excludes halogenated alkanes) is 1. The van der Waals surface area contributed by atoms with E-state index in [-0.39, 0.29) is 6.04 Å². The first kappa shape index (κ1) is 19.3. The van der Waals surface area contributed by atoms with E-state index in [4.69, 9.17) is 0 Å². The van der Waals surface area contributed by atoms with E-state index in [1.807, 2.05) is 6.07 Å². The quantitative estimate of drug-likeness (QED) is 0.497. The lowest BCUT2D eigenvalue weighted by molar-refractivity contribution is 0.274. The van der Waals surface area contributed by atoms with Crippen molar-refractivity contribution in [3.63, 3.8) is 0 Å². The Morgan fingerprint density at radius 2 is 1.96 bits per heavy atom. The highest BCUT2D eigenvalue weighted by Crippen LogP contribution is 2.50. The Balaban J connectivity index is 1.33. The number of nitrogens with one attached hydrogen (secondary N) is 2. The zero-order valence-corrected chi connectivity index (χ0v) is 16.7. The van der Waals surface area contributed by atoms with Crippen molar-refractivity contribution >= 4 is 10.0 Å². The monoisotopic (exact) mass is 401 g/mol. The van der Waals surface area contributed by atoms with Crippen LogP contribution in [0.15, 0.2) is 47.4 Å². The number of tetrazole rings is 1. The Morgan fingerprint density at radius 3 is 2.75 bits per heavy atom. The van der Waals surface area contributed by atoms with Crippen molar-refractivity contribution in [2.45, 2.75) is 55.9 Å². The normalized spacial score (nSPS) is 27.0. The Morgan fingerprint density at radius 1 is 1.14 bits per heavy atom. The summed E-state index contributed by atoms with van der Waals surface area (Å²) >= 11 is 0. The topological polar surface area (TPSA) is 101 Å². The zero-order chi connectivity index (χ0) is 19.4. The Kier molecular flexibility index (Phi) is 5.87. The van der Waals surface area contributed by atoms with E-state index in [0.717, 1.165) is 44.3 Å². The Bertz CT molecular complexity index is 883. The van der Waals surface area contributed by atoms with Gasteiger partial charge in [-0.1, -0.05) is 35.6 Å². The first-order chi connectivity index (χ1) is 13.6. The van der Waals surface area contributed by atoms with E-state index < -0.39 is 10.0 Å². The molecule has 0 aliphatic heterocycles. The number of fused-ring (bicyclic) bond motifs is 2. The molecule has 0 spiro atoms. The summed E-state index contributed by atoms with van der Waals surface area (Å²) in [6.07, 6.45) is 11.6. The van der Waals surface area contributed by atoms with Crippen LogP contribution in [0.25, 0.3) is 0 Å². The number of aromatic nitrogens is 4. The van der Waals surface area contributed by atoms with E-state index in [0.29, 0.717) is 22.6 Å². The molecule has 2 N–H and O–H groups in total. The minimum absolute atomic E-state index is 0.0490. The van der Waals surface area contributed by atoms with Crippen LogP contribution >= 0.6 is 0 Å². The molecule has 2 aliphatic rings. The number of H-pyrrole nitrogens is 1. The number of nitrogens with zero attached hydrogens (tertiary/aromatic N) is 3. The molecule has 2 fully saturated rings. The molecule has 2 bridgehead atoms. The zero-order valence-electron chi connectivity index (χ0n) is 15.9. The van der Waals surface area contributed by atoms with Crippen LogP contribution in [0.4, 0.5) is 0 Å². The molecule has 1 aromatic heterocycles. The molecule has 2 aliphatic carbocycles. The van der Waals surface area contributed by atoms with Crippen molar-refractivity contribution in [3.8, 4) is 0 Å². The second-order valence-electron chi connectivity index (χ2n) is 7.88. The molecule has 0 amide bonds. The molecule has 8 heteroatoms. The fraction of sp³-hybridized carbons (Fsp3) is 0.550. The van der Waals surface area contributed by atoms with Gasteiger partial charge in [0.05, 0.1) is 4.90 Å². The fourth-order valence-electron chi connectivity index (χ4n) is 4.82. The summed E-state index contributed by atoms with van der Waals surface area (Å²) in [4.78, 5) is 0.355. The van der Waals surface area contributed by atoms with Crippen LogP contribution in [0.3, 0.4) is 0 Å². The SMILES string of the molecule is O=S(=O)(N[C@@H]1C(C/C=C\CCCc2nn[nH]n2)[C@@H]2CC[C@H]1C2)c1ccccc1. The average molecular weight is 402 g/mol. The van der Waals surface area contributed by atoms with Crippen LogP contribution in [-0.2, 0) is 16.4 Å². The van der Waals surface area contributed by atoms with Crippen molar-refractivity contribution in [2.75, 3.05) is 0 Å². The van der Waals surface area contributed by atoms with E-state index >= 15 is 0 Å². The third-order valence-electron chi connectivity index (χ3n) is 6.17. The second kappa shape index (κ2) is 8.53. The van der Waals surface area contributed by atoms with Crippen LogP contribution < -0.4 is 4.72 Å². The van der Waals surface area contributed by atoms with Crippen LogP contribution in [0.1, 0.15) is 44.3 Å². The molecule has 4 rings (SSSR count). The summed E-state index contributed by atoms with van der Waals surface area (Å²) in [5.41, 5.74) is 0. The molecule has 150 valence electrons. The van der Waals surface area contributed by atoms with Crippen LogP contribution in [0, 0.1) is 17.8 Å². The number of allylic oxidation sites excluding steroid dienone is 2. The van der Waals surface area contributed by atoms with Gasteiger partial charge >= 0.3 is 0 Å². The Labute approximate surface area is 166 Å². The highest BCUT2D eigenvalue weighted by atomic mass is 32.2. The first-order valence-corrected chi connectivity index (χ1v) is 11.6. The molecule has 1 aromatic carbocycles. The lowest BCUT2D eigenvalue weighted by Gasteiger charge is -2.31. The molecule has 1 heterocycles. The maximum Gasteiger partial charge on any atom is 0.240 e. The molecule has 7 nitrogen and oxygen atoms in total. The average Bonchev–Trinajstić information content (AvgIpc) is 3.44. The number of sulfonamides is 1. The van der Waals surface area contributed by atoms with Gasteiger partial charge in [-0.05, 0) is 68.4 Å². The number of benzene rings is 1. The molecule has 2 saturated carbocycles. The first-order valence-electron chi connectivity index (χ1n) is 10.1. The Hall–Kier alpha value is -2.06. The summed E-state index contributed by atoms with van der Waals surface area (Å²) in [6, 6.07) is 8.74. The maximum atomic E-state index is 12.8. The summed E-state index contributed by atoms with van der Waals surface area (Å²) in [6.45, 7) is 0. The van der Waals surface area contributed by atoms with Crippen molar-refractivity contribution in [1.82, 2.24) is 25.3 Å². The predicted molar refractivity (Wildman–Crippen MR) is 106 cm³/mol. The fourth-order valence-corrected chi connectivity index (χ4v) is 6.19. The predicted octanol–water partition coefficient (Wildman–Crippen LogP) is 2.86. The van der Waals surface area contributed by atoms with Crippen LogP contribution in [0.5, 0.6) is 0 Å². The molecule has 28 heavy (non-hydrogen) atoms. The van der Waals surface area contributed by atoms with Gasteiger partial charge in [0.15, 0.2) is 5.82 Å². The van der Waals surface area contributed by atoms with Gasteiger partial charge in [-0.15, -0.1) is 10.2 Å². The number of hydrogen-bond acceptors (Lipinski definition) is 5. The van der Waals surface area contributed by atoms with Crippen LogP contribution in [0.2, 0.25) is 0 Å². The second-order valence-corrected chi connectivity index (χ2v) is 9.60. The van der Waals surface area contributed by atoms with Gasteiger partial charge < -0.3 is 0 Å². The molecule has 4 atom stereocenters. The molecule has 0 saturated heterocycles.